The molecule has 0 amide bonds. The van der Waals surface area contributed by atoms with Crippen molar-refractivity contribution in [3.63, 3.8) is 0 Å². The molecule has 4 nitrogen and oxygen atoms in total. The number of carbonyl (C=O) groups is 4. The maximum Gasteiger partial charge on any atom is 0.163 e. The molecule has 0 aliphatic heterocycles. The van der Waals surface area contributed by atoms with Crippen molar-refractivity contribution in [1.82, 2.24) is 0 Å². The van der Waals surface area contributed by atoms with Gasteiger partial charge >= 0.3 is 0 Å². The fraction of sp³-hybridized carbons (Fsp3) is 0.619. The lowest BCUT2D eigenvalue weighted by atomic mass is 9.70. The van der Waals surface area contributed by atoms with E-state index in [9.17, 15) is 19.2 Å². The zero-order valence-electron chi connectivity index (χ0n) is 30.3. The molecule has 4 heteroatoms. The summed E-state index contributed by atoms with van der Waals surface area (Å²) in [5.74, 6) is 0.948. The maximum atomic E-state index is 14.0. The van der Waals surface area contributed by atoms with Gasteiger partial charge in [-0.2, -0.15) is 0 Å². The molecular weight excluding hydrogens is 568 g/mol. The second-order valence-electron chi connectivity index (χ2n) is 15.2. The molecule has 3 atom stereocenters. The summed E-state index contributed by atoms with van der Waals surface area (Å²) >= 11 is 0. The molecule has 1 fully saturated rings. The Morgan fingerprint density at radius 1 is 0.957 bits per heavy atom. The molecule has 4 rings (SSSR count). The first-order chi connectivity index (χ1) is 21.7. The summed E-state index contributed by atoms with van der Waals surface area (Å²) in [5.41, 5.74) is 7.66. The molecule has 46 heavy (non-hydrogen) atoms. The largest absolute Gasteiger partial charge is 0.300 e. The van der Waals surface area contributed by atoms with Crippen molar-refractivity contribution in [3.05, 3.63) is 58.1 Å². The Morgan fingerprint density at radius 3 is 2.11 bits per heavy atom. The zero-order valence-corrected chi connectivity index (χ0v) is 30.3. The Labute approximate surface area is 279 Å². The molecule has 1 saturated carbocycles. The van der Waals surface area contributed by atoms with E-state index < -0.39 is 0 Å². The van der Waals surface area contributed by atoms with Gasteiger partial charge in [0.2, 0.25) is 0 Å². The van der Waals surface area contributed by atoms with Crippen LogP contribution in [0.5, 0.6) is 0 Å². The first-order valence-electron chi connectivity index (χ1n) is 18.1. The maximum absolute atomic E-state index is 14.0. The third kappa shape index (κ3) is 9.81. The number of fused-ring (bicyclic) bond motifs is 1. The lowest BCUT2D eigenvalue weighted by Gasteiger charge is -2.33. The van der Waals surface area contributed by atoms with Crippen LogP contribution in [0.1, 0.15) is 152 Å². The van der Waals surface area contributed by atoms with Crippen LogP contribution in [0.2, 0.25) is 0 Å². The van der Waals surface area contributed by atoms with Gasteiger partial charge < -0.3 is 0 Å². The molecule has 2 aromatic rings. The van der Waals surface area contributed by atoms with Crippen molar-refractivity contribution in [2.24, 2.45) is 23.7 Å². The Kier molecular flexibility index (Phi) is 13.7. The first-order valence-corrected chi connectivity index (χ1v) is 18.1. The summed E-state index contributed by atoms with van der Waals surface area (Å²) < 4.78 is 0. The predicted octanol–water partition coefficient (Wildman–Crippen LogP) is 10.4. The second kappa shape index (κ2) is 16.8. The van der Waals surface area contributed by atoms with E-state index >= 15 is 0 Å². The van der Waals surface area contributed by atoms with E-state index in [2.05, 4.69) is 78.8 Å². The minimum Gasteiger partial charge on any atom is -0.300 e. The zero-order chi connectivity index (χ0) is 34.2. The third-order valence-electron chi connectivity index (χ3n) is 9.92. The SMILES string of the molecule is CCC.CCCC(CC1CC(=O)c2c(C)c(CCC(=O)C3CC3)cc(-c3ccc(C(C)(C)C)cc3)c2C1)C(CC)C(=O)CC(C)=O. The molecule has 0 aromatic heterocycles. The lowest BCUT2D eigenvalue weighted by molar-refractivity contribution is -0.130. The molecular formula is C42H60O4. The summed E-state index contributed by atoms with van der Waals surface area (Å²) in [6.07, 6.45) is 9.23. The molecule has 2 aliphatic carbocycles. The van der Waals surface area contributed by atoms with Crippen LogP contribution in [-0.2, 0) is 32.6 Å². The summed E-state index contributed by atoms with van der Waals surface area (Å²) in [6.45, 7) is 18.6. The van der Waals surface area contributed by atoms with Gasteiger partial charge in [0.1, 0.15) is 17.3 Å². The van der Waals surface area contributed by atoms with Gasteiger partial charge in [0.25, 0.3) is 0 Å². The topological polar surface area (TPSA) is 68.3 Å². The Balaban J connectivity index is 0.00000185. The van der Waals surface area contributed by atoms with Crippen LogP contribution in [0.4, 0.5) is 0 Å². The summed E-state index contributed by atoms with van der Waals surface area (Å²) in [7, 11) is 0. The minimum absolute atomic E-state index is 0.00504. The van der Waals surface area contributed by atoms with E-state index in [0.29, 0.717) is 25.0 Å². The molecule has 0 saturated heterocycles. The molecule has 0 spiro atoms. The van der Waals surface area contributed by atoms with Crippen molar-refractivity contribution in [1.29, 1.82) is 0 Å². The number of hydrogen-bond acceptors (Lipinski definition) is 4. The minimum atomic E-state index is -0.141. The van der Waals surface area contributed by atoms with Crippen LogP contribution in [0.25, 0.3) is 11.1 Å². The standard InChI is InChI=1S/C39H52O4.C3H8/c1-8-10-30(32(9-2)36(42)19-24(3)40)20-26-21-34-33(27-13-16-31(17-14-27)39(5,6)7)23-29(15-18-35(41)28-11-12-28)25(4)38(34)37(43)22-26;1-3-2/h13-14,16-17,23,26,28,30,32H,8-12,15,18-22H2,1-7H3;3H2,1-2H3. The summed E-state index contributed by atoms with van der Waals surface area (Å²) in [6, 6.07) is 11.0. The third-order valence-corrected chi connectivity index (χ3v) is 9.92. The number of hydrogen-bond donors (Lipinski definition) is 0. The van der Waals surface area contributed by atoms with Gasteiger partial charge in [-0.05, 0) is 103 Å². The summed E-state index contributed by atoms with van der Waals surface area (Å²) in [4.78, 5) is 51.4. The van der Waals surface area contributed by atoms with Crippen molar-refractivity contribution >= 4 is 23.1 Å². The highest BCUT2D eigenvalue weighted by atomic mass is 16.1. The quantitative estimate of drug-likeness (QED) is 0.195. The van der Waals surface area contributed by atoms with Gasteiger partial charge in [0, 0.05) is 30.2 Å². The number of ketones is 4. The molecule has 3 unspecified atom stereocenters. The van der Waals surface area contributed by atoms with Crippen molar-refractivity contribution in [2.75, 3.05) is 0 Å². The van der Waals surface area contributed by atoms with Gasteiger partial charge in [0.15, 0.2) is 5.78 Å². The van der Waals surface area contributed by atoms with Crippen LogP contribution < -0.4 is 0 Å². The Hall–Kier alpha value is -2.88. The van der Waals surface area contributed by atoms with Gasteiger partial charge in [-0.1, -0.05) is 98.1 Å². The molecule has 2 aromatic carbocycles. The number of aryl methyl sites for hydroxylation is 1. The van der Waals surface area contributed by atoms with Crippen LogP contribution in [0, 0.1) is 30.6 Å². The fourth-order valence-corrected chi connectivity index (χ4v) is 7.39. The first kappa shape index (κ1) is 37.6. The van der Waals surface area contributed by atoms with Gasteiger partial charge in [-0.25, -0.2) is 0 Å². The van der Waals surface area contributed by atoms with Crippen LogP contribution in [0.15, 0.2) is 30.3 Å². The van der Waals surface area contributed by atoms with Gasteiger partial charge in [-0.15, -0.1) is 0 Å². The van der Waals surface area contributed by atoms with Crippen LogP contribution in [-0.4, -0.2) is 23.1 Å². The molecule has 0 radical (unpaired) electrons. The highest BCUT2D eigenvalue weighted by molar-refractivity contribution is 6.02. The molecule has 252 valence electrons. The number of carbonyl (C=O) groups excluding carboxylic acids is 4. The van der Waals surface area contributed by atoms with Gasteiger partial charge in [0.05, 0.1) is 6.42 Å². The Bertz CT molecular complexity index is 1370. The predicted molar refractivity (Wildman–Crippen MR) is 191 cm³/mol. The Morgan fingerprint density at radius 2 is 1.59 bits per heavy atom. The summed E-state index contributed by atoms with van der Waals surface area (Å²) in [5, 5.41) is 0. The molecule has 2 aliphatic rings. The normalized spacial score (nSPS) is 17.4. The monoisotopic (exact) mass is 628 g/mol. The van der Waals surface area contributed by atoms with Crippen LogP contribution in [0.3, 0.4) is 0 Å². The highest BCUT2D eigenvalue weighted by Gasteiger charge is 2.35. The van der Waals surface area contributed by atoms with Crippen molar-refractivity contribution in [2.45, 2.75) is 145 Å². The van der Waals surface area contributed by atoms with E-state index in [0.717, 1.165) is 78.3 Å². The van der Waals surface area contributed by atoms with Gasteiger partial charge in [-0.3, -0.25) is 19.2 Å². The lowest BCUT2D eigenvalue weighted by Crippen LogP contribution is -2.30. The van der Waals surface area contributed by atoms with Crippen molar-refractivity contribution < 1.29 is 19.2 Å². The molecule has 0 N–H and O–H groups in total. The fourth-order valence-electron chi connectivity index (χ4n) is 7.39. The second-order valence-corrected chi connectivity index (χ2v) is 15.2. The van der Waals surface area contributed by atoms with E-state index in [1.54, 1.807) is 0 Å². The van der Waals surface area contributed by atoms with E-state index in [4.69, 9.17) is 0 Å². The van der Waals surface area contributed by atoms with Crippen LogP contribution >= 0.6 is 0 Å². The molecule has 0 bridgehead atoms. The van der Waals surface area contributed by atoms with E-state index in [-0.39, 0.29) is 52.9 Å². The average Bonchev–Trinajstić information content (AvgIpc) is 3.83. The van der Waals surface area contributed by atoms with E-state index in [1.807, 2.05) is 6.92 Å². The number of rotatable bonds is 14. The highest BCUT2D eigenvalue weighted by Crippen LogP contribution is 2.42. The van der Waals surface area contributed by atoms with Crippen molar-refractivity contribution in [3.8, 4) is 11.1 Å². The molecule has 0 heterocycles. The smallest absolute Gasteiger partial charge is 0.163 e. The number of benzene rings is 2. The number of Topliss-reactive ketones (excluding diaryl/α,β-unsaturated/α-hetero) is 4. The average molecular weight is 629 g/mol. The van der Waals surface area contributed by atoms with E-state index in [1.165, 1.54) is 18.9 Å².